The van der Waals surface area contributed by atoms with Crippen molar-refractivity contribution < 1.29 is 0 Å². The van der Waals surface area contributed by atoms with Gasteiger partial charge in [-0.15, -0.1) is 0 Å². The Kier molecular flexibility index (Phi) is 3.97. The van der Waals surface area contributed by atoms with Gasteiger partial charge in [-0.25, -0.2) is 4.98 Å². The minimum absolute atomic E-state index is 0.335. The molecule has 0 saturated heterocycles. The Labute approximate surface area is 109 Å². The second-order valence-corrected chi connectivity index (χ2v) is 5.33. The van der Waals surface area contributed by atoms with Gasteiger partial charge >= 0.3 is 0 Å². The van der Waals surface area contributed by atoms with E-state index in [4.69, 9.17) is 11.0 Å². The molecule has 1 aliphatic carbocycles. The van der Waals surface area contributed by atoms with Gasteiger partial charge in [-0.3, -0.25) is 0 Å². The van der Waals surface area contributed by atoms with Gasteiger partial charge in [0, 0.05) is 22.8 Å². The quantitative estimate of drug-likeness (QED) is 0.878. The van der Waals surface area contributed by atoms with E-state index >= 15 is 0 Å². The first-order valence-corrected chi connectivity index (χ1v) is 6.56. The van der Waals surface area contributed by atoms with E-state index in [0.717, 1.165) is 30.2 Å². The second-order valence-electron chi connectivity index (χ2n) is 4.42. The molecule has 0 aromatic carbocycles. The van der Waals surface area contributed by atoms with Crippen molar-refractivity contribution in [2.24, 2.45) is 5.73 Å². The molecule has 3 N–H and O–H groups in total. The predicted molar refractivity (Wildman–Crippen MR) is 70.5 cm³/mol. The molecule has 0 amide bonds. The highest BCUT2D eigenvalue weighted by Gasteiger charge is 2.19. The number of nitriles is 1. The fraction of sp³-hybridized carbons (Fsp3) is 0.500. The molecule has 0 atom stereocenters. The lowest BCUT2D eigenvalue weighted by Crippen LogP contribution is -2.33. The van der Waals surface area contributed by atoms with Crippen molar-refractivity contribution in [3.63, 3.8) is 0 Å². The van der Waals surface area contributed by atoms with Crippen LogP contribution in [0.15, 0.2) is 16.7 Å². The minimum Gasteiger partial charge on any atom is -0.366 e. The van der Waals surface area contributed by atoms with Crippen LogP contribution in [-0.4, -0.2) is 17.1 Å². The maximum absolute atomic E-state index is 9.04. The van der Waals surface area contributed by atoms with Crippen LogP contribution < -0.4 is 11.1 Å². The molecule has 17 heavy (non-hydrogen) atoms. The van der Waals surface area contributed by atoms with E-state index < -0.39 is 0 Å². The van der Waals surface area contributed by atoms with E-state index in [1.54, 1.807) is 12.3 Å². The van der Waals surface area contributed by atoms with Crippen molar-refractivity contribution in [1.29, 1.82) is 5.26 Å². The van der Waals surface area contributed by atoms with Gasteiger partial charge in [-0.2, -0.15) is 5.26 Å². The highest BCUT2D eigenvalue weighted by Crippen LogP contribution is 2.23. The van der Waals surface area contributed by atoms with Gasteiger partial charge in [0.1, 0.15) is 11.9 Å². The van der Waals surface area contributed by atoms with Crippen molar-refractivity contribution in [3.05, 3.63) is 22.3 Å². The molecule has 1 aromatic heterocycles. The zero-order valence-electron chi connectivity index (χ0n) is 9.49. The Morgan fingerprint density at radius 3 is 2.76 bits per heavy atom. The van der Waals surface area contributed by atoms with Crippen LogP contribution in [0, 0.1) is 11.3 Å². The Morgan fingerprint density at radius 1 is 1.41 bits per heavy atom. The van der Waals surface area contributed by atoms with E-state index in [1.165, 1.54) is 0 Å². The Bertz CT molecular complexity index is 433. The molecule has 90 valence electrons. The Hall–Kier alpha value is -1.12. The fourth-order valence-corrected chi connectivity index (χ4v) is 2.43. The molecule has 5 heteroatoms. The lowest BCUT2D eigenvalue weighted by atomic mass is 9.92. The monoisotopic (exact) mass is 294 g/mol. The third-order valence-electron chi connectivity index (χ3n) is 3.09. The zero-order valence-corrected chi connectivity index (χ0v) is 11.1. The summed E-state index contributed by atoms with van der Waals surface area (Å²) < 4.78 is 0.824. The number of rotatable bonds is 2. The molecular formula is C12H15BrN4. The first kappa shape index (κ1) is 12.3. The van der Waals surface area contributed by atoms with E-state index in [1.807, 2.05) is 0 Å². The summed E-state index contributed by atoms with van der Waals surface area (Å²) in [4.78, 5) is 4.25. The number of pyridine rings is 1. The smallest absolute Gasteiger partial charge is 0.144 e. The normalized spacial score (nSPS) is 24.1. The first-order chi connectivity index (χ1) is 8.19. The molecular weight excluding hydrogens is 280 g/mol. The number of nitrogens with one attached hydrogen (secondary N) is 1. The van der Waals surface area contributed by atoms with Crippen LogP contribution in [-0.2, 0) is 0 Å². The van der Waals surface area contributed by atoms with Crippen LogP contribution in [0.2, 0.25) is 0 Å². The van der Waals surface area contributed by atoms with Crippen LogP contribution >= 0.6 is 15.9 Å². The summed E-state index contributed by atoms with van der Waals surface area (Å²) in [5.74, 6) is 0.677. The highest BCUT2D eigenvalue weighted by molar-refractivity contribution is 9.10. The number of hydrogen-bond donors (Lipinski definition) is 2. The zero-order chi connectivity index (χ0) is 12.3. The lowest BCUT2D eigenvalue weighted by molar-refractivity contribution is 0.410. The van der Waals surface area contributed by atoms with Gasteiger partial charge in [-0.1, -0.05) is 0 Å². The Balaban J connectivity index is 2.06. The Morgan fingerprint density at radius 2 is 2.12 bits per heavy atom. The molecule has 2 rings (SSSR count). The van der Waals surface area contributed by atoms with Gasteiger partial charge in [0.15, 0.2) is 0 Å². The van der Waals surface area contributed by atoms with E-state index in [9.17, 15) is 0 Å². The SMILES string of the molecule is N#Cc1cc(Br)cnc1NC1CCC(N)CC1. The molecule has 0 unspecified atom stereocenters. The van der Waals surface area contributed by atoms with Crippen LogP contribution in [0.4, 0.5) is 5.82 Å². The highest BCUT2D eigenvalue weighted by atomic mass is 79.9. The van der Waals surface area contributed by atoms with Gasteiger partial charge in [-0.05, 0) is 47.7 Å². The van der Waals surface area contributed by atoms with Crippen LogP contribution in [0.5, 0.6) is 0 Å². The molecule has 0 radical (unpaired) electrons. The second kappa shape index (κ2) is 5.48. The average molecular weight is 295 g/mol. The standard InChI is InChI=1S/C12H15BrN4/c13-9-5-8(6-14)12(16-7-9)17-11-3-1-10(15)2-4-11/h5,7,10-11H,1-4,15H2,(H,16,17). The molecule has 0 aliphatic heterocycles. The molecule has 4 nitrogen and oxygen atoms in total. The van der Waals surface area contributed by atoms with E-state index in [2.05, 4.69) is 32.3 Å². The van der Waals surface area contributed by atoms with Crippen molar-refractivity contribution in [2.45, 2.75) is 37.8 Å². The summed E-state index contributed by atoms with van der Waals surface area (Å²) in [5, 5.41) is 12.4. The van der Waals surface area contributed by atoms with Crippen LogP contribution in [0.3, 0.4) is 0 Å². The number of hydrogen-bond acceptors (Lipinski definition) is 4. The topological polar surface area (TPSA) is 74.7 Å². The summed E-state index contributed by atoms with van der Waals surface area (Å²) in [6, 6.07) is 4.66. The summed E-state index contributed by atoms with van der Waals surface area (Å²) in [5.41, 5.74) is 6.44. The average Bonchev–Trinajstić information content (AvgIpc) is 2.34. The van der Waals surface area contributed by atoms with Crippen molar-refractivity contribution >= 4 is 21.7 Å². The molecule has 1 heterocycles. The van der Waals surface area contributed by atoms with Gasteiger partial charge in [0.05, 0.1) is 5.56 Å². The molecule has 1 aromatic rings. The maximum atomic E-state index is 9.04. The van der Waals surface area contributed by atoms with Crippen molar-refractivity contribution in [2.75, 3.05) is 5.32 Å². The maximum Gasteiger partial charge on any atom is 0.144 e. The summed E-state index contributed by atoms with van der Waals surface area (Å²) in [6.07, 6.45) is 5.87. The predicted octanol–water partition coefficient (Wildman–Crippen LogP) is 2.40. The summed E-state index contributed by atoms with van der Waals surface area (Å²) >= 11 is 3.31. The third kappa shape index (κ3) is 3.18. The van der Waals surface area contributed by atoms with Gasteiger partial charge in [0.2, 0.25) is 0 Å². The van der Waals surface area contributed by atoms with E-state index in [-0.39, 0.29) is 0 Å². The first-order valence-electron chi connectivity index (χ1n) is 5.77. The molecule has 0 bridgehead atoms. The molecule has 0 spiro atoms. The lowest BCUT2D eigenvalue weighted by Gasteiger charge is -2.27. The largest absolute Gasteiger partial charge is 0.366 e. The number of halogens is 1. The van der Waals surface area contributed by atoms with Gasteiger partial charge in [0.25, 0.3) is 0 Å². The third-order valence-corrected chi connectivity index (χ3v) is 3.52. The number of nitrogens with zero attached hydrogens (tertiary/aromatic N) is 2. The minimum atomic E-state index is 0.335. The summed E-state index contributed by atoms with van der Waals surface area (Å²) in [7, 11) is 0. The van der Waals surface area contributed by atoms with Crippen molar-refractivity contribution in [3.8, 4) is 6.07 Å². The van der Waals surface area contributed by atoms with Gasteiger partial charge < -0.3 is 11.1 Å². The van der Waals surface area contributed by atoms with Crippen LogP contribution in [0.1, 0.15) is 31.2 Å². The molecule has 1 saturated carbocycles. The fourth-order valence-electron chi connectivity index (χ4n) is 2.10. The molecule has 1 aliphatic rings. The van der Waals surface area contributed by atoms with Crippen LogP contribution in [0.25, 0.3) is 0 Å². The van der Waals surface area contributed by atoms with Crippen molar-refractivity contribution in [1.82, 2.24) is 4.98 Å². The van der Waals surface area contributed by atoms with E-state index in [0.29, 0.717) is 23.5 Å². The molecule has 1 fully saturated rings. The number of anilines is 1. The number of nitrogens with two attached hydrogens (primary N) is 1. The number of aromatic nitrogens is 1. The summed E-state index contributed by atoms with van der Waals surface area (Å²) in [6.45, 7) is 0.